The van der Waals surface area contributed by atoms with Gasteiger partial charge < -0.3 is 29.9 Å². The first-order chi connectivity index (χ1) is 29.6. The van der Waals surface area contributed by atoms with E-state index in [1.807, 2.05) is 60.7 Å². The van der Waals surface area contributed by atoms with Crippen LogP contribution in [0.2, 0.25) is 0 Å². The molecule has 2 aliphatic heterocycles. The fourth-order valence-electron chi connectivity index (χ4n) is 7.17. The lowest BCUT2D eigenvalue weighted by Gasteiger charge is -2.28. The molecule has 2 saturated heterocycles. The highest BCUT2D eigenvalue weighted by atomic mass is 32.2. The highest BCUT2D eigenvalue weighted by Crippen LogP contribution is 2.30. The molecule has 0 bridgehead atoms. The minimum atomic E-state index is -0.736. The molecule has 2 fully saturated rings. The quantitative estimate of drug-likeness (QED) is 0.157. The van der Waals surface area contributed by atoms with Crippen molar-refractivity contribution in [2.45, 2.75) is 123 Å². The van der Waals surface area contributed by atoms with Crippen LogP contribution in [-0.2, 0) is 22.6 Å². The van der Waals surface area contributed by atoms with Gasteiger partial charge in [0, 0.05) is 46.1 Å². The second-order valence-corrected chi connectivity index (χ2v) is 19.2. The Morgan fingerprint density at radius 1 is 0.613 bits per heavy atom. The molecule has 5 aromatic rings. The number of aromatic nitrogens is 8. The normalized spacial score (nSPS) is 19.0. The Hall–Kier alpha value is -6.02. The minimum Gasteiger partial charge on any atom is -0.444 e. The minimum absolute atomic E-state index is 0.197. The Bertz CT molecular complexity index is 2190. The molecule has 4 amide bonds. The van der Waals surface area contributed by atoms with Crippen molar-refractivity contribution < 1.29 is 28.7 Å². The zero-order valence-electron chi connectivity index (χ0n) is 35.4. The molecule has 2 aliphatic rings. The third-order valence-corrected chi connectivity index (χ3v) is 11.8. The van der Waals surface area contributed by atoms with Gasteiger partial charge in [-0.2, -0.15) is 0 Å². The van der Waals surface area contributed by atoms with Gasteiger partial charge in [-0.15, -0.1) is 10.2 Å². The van der Waals surface area contributed by atoms with Crippen LogP contribution in [0.4, 0.5) is 9.59 Å². The van der Waals surface area contributed by atoms with Crippen LogP contribution in [0, 0.1) is 0 Å². The predicted octanol–water partition coefficient (Wildman–Crippen LogP) is 5.58. The van der Waals surface area contributed by atoms with Crippen LogP contribution in [0.15, 0.2) is 105 Å². The van der Waals surface area contributed by atoms with Crippen LogP contribution in [0.3, 0.4) is 0 Å². The fraction of sp³-hybridized carbons (Fsp3) is 0.429. The number of hydrogen-bond donors (Lipinski definition) is 2. The fourth-order valence-corrected chi connectivity index (χ4v) is 8.77. The summed E-state index contributed by atoms with van der Waals surface area (Å²) in [5.74, 6) is -0.806. The lowest BCUT2D eigenvalue weighted by molar-refractivity contribution is 0.0195. The summed E-state index contributed by atoms with van der Waals surface area (Å²) >= 11 is 2.82. The molecule has 20 heteroatoms. The standard InChI is InChI=1S/C42H50N12O6S2/c1-41(2,3)59-39(57)51-23-29(21-31(51)25-53-37(45-47-49-53)61-33-16-9-7-10-17-33)43-35(55)27-14-13-15-28(20-27)36(56)44-30-22-32(52(24-30)40(58)60-42(4,5)6)26-54-38(46-48-50-54)62-34-18-11-8-12-19-34/h7-20,29-32H,21-26H2,1-6H3,(H,43,55)(H,44,56)/t29-,30-,31-,32-/m0/s1. The molecule has 0 aliphatic carbocycles. The number of amides is 4. The van der Waals surface area contributed by atoms with Gasteiger partial charge in [0.25, 0.3) is 11.8 Å². The van der Waals surface area contributed by atoms with E-state index in [1.165, 1.54) is 29.6 Å². The molecule has 7 rings (SSSR count). The van der Waals surface area contributed by atoms with Crippen molar-refractivity contribution in [1.29, 1.82) is 0 Å². The first-order valence-corrected chi connectivity index (χ1v) is 21.9. The number of carbonyl (C=O) groups excluding carboxylic acids is 4. The molecule has 62 heavy (non-hydrogen) atoms. The Kier molecular flexibility index (Phi) is 13.5. The van der Waals surface area contributed by atoms with Crippen LogP contribution in [0.5, 0.6) is 0 Å². The van der Waals surface area contributed by atoms with Crippen LogP contribution in [0.1, 0.15) is 75.1 Å². The maximum atomic E-state index is 13.8. The van der Waals surface area contributed by atoms with E-state index in [1.54, 1.807) is 78.9 Å². The Balaban J connectivity index is 1.01. The van der Waals surface area contributed by atoms with E-state index in [2.05, 4.69) is 41.7 Å². The summed E-state index contributed by atoms with van der Waals surface area (Å²) in [6, 6.07) is 24.2. The maximum absolute atomic E-state index is 13.8. The summed E-state index contributed by atoms with van der Waals surface area (Å²) in [5.41, 5.74) is -0.927. The number of ether oxygens (including phenoxy) is 2. The number of nitrogens with one attached hydrogen (secondary N) is 2. The number of likely N-dealkylation sites (tertiary alicyclic amines) is 2. The Morgan fingerprint density at radius 2 is 1.02 bits per heavy atom. The van der Waals surface area contributed by atoms with Crippen LogP contribution < -0.4 is 10.6 Å². The average Bonchev–Trinajstić information content (AvgIpc) is 4.03. The predicted molar refractivity (Wildman–Crippen MR) is 228 cm³/mol. The molecule has 18 nitrogen and oxygen atoms in total. The summed E-state index contributed by atoms with van der Waals surface area (Å²) in [6.07, 6.45) is -0.192. The van der Waals surface area contributed by atoms with Gasteiger partial charge in [0.2, 0.25) is 10.3 Å². The Labute approximate surface area is 367 Å². The van der Waals surface area contributed by atoms with E-state index in [0.29, 0.717) is 23.2 Å². The van der Waals surface area contributed by atoms with E-state index in [-0.39, 0.29) is 37.3 Å². The van der Waals surface area contributed by atoms with Gasteiger partial charge in [0.05, 0.1) is 25.2 Å². The van der Waals surface area contributed by atoms with Crippen molar-refractivity contribution in [3.05, 3.63) is 96.1 Å². The number of nitrogens with zero attached hydrogens (tertiary/aromatic N) is 10. The van der Waals surface area contributed by atoms with Crippen molar-refractivity contribution in [2.24, 2.45) is 0 Å². The molecule has 0 unspecified atom stereocenters. The molecule has 4 atom stereocenters. The molecule has 3 aromatic carbocycles. The number of rotatable bonds is 12. The van der Waals surface area contributed by atoms with Gasteiger partial charge in [0.15, 0.2) is 0 Å². The third kappa shape index (κ3) is 11.7. The topological polar surface area (TPSA) is 204 Å². The van der Waals surface area contributed by atoms with Crippen molar-refractivity contribution >= 4 is 47.5 Å². The second-order valence-electron chi connectivity index (χ2n) is 17.1. The summed E-state index contributed by atoms with van der Waals surface area (Å²) < 4.78 is 14.8. The van der Waals surface area contributed by atoms with E-state index in [0.717, 1.165) is 9.79 Å². The first kappa shape index (κ1) is 44.0. The van der Waals surface area contributed by atoms with Crippen molar-refractivity contribution in [1.82, 2.24) is 60.8 Å². The Morgan fingerprint density at radius 3 is 1.40 bits per heavy atom. The molecule has 4 heterocycles. The van der Waals surface area contributed by atoms with Gasteiger partial charge in [0.1, 0.15) is 11.2 Å². The van der Waals surface area contributed by atoms with E-state index >= 15 is 0 Å². The third-order valence-electron chi connectivity index (χ3n) is 9.81. The summed E-state index contributed by atoms with van der Waals surface area (Å²) in [4.78, 5) is 59.7. The largest absolute Gasteiger partial charge is 0.444 e. The van der Waals surface area contributed by atoms with Crippen LogP contribution in [0.25, 0.3) is 0 Å². The molecule has 0 radical (unpaired) electrons. The van der Waals surface area contributed by atoms with E-state index in [4.69, 9.17) is 9.47 Å². The first-order valence-electron chi connectivity index (χ1n) is 20.3. The molecular formula is C42H50N12O6S2. The second kappa shape index (κ2) is 18.9. The van der Waals surface area contributed by atoms with Crippen LogP contribution in [-0.4, -0.2) is 123 Å². The highest BCUT2D eigenvalue weighted by molar-refractivity contribution is 7.99. The zero-order chi connectivity index (χ0) is 44.0. The summed E-state index contributed by atoms with van der Waals surface area (Å²) in [6.45, 7) is 11.8. The van der Waals surface area contributed by atoms with Gasteiger partial charge in [-0.05, 0) is 141 Å². The smallest absolute Gasteiger partial charge is 0.410 e. The van der Waals surface area contributed by atoms with Crippen LogP contribution >= 0.6 is 23.5 Å². The lowest BCUT2D eigenvalue weighted by atomic mass is 10.1. The average molecular weight is 883 g/mol. The molecule has 2 aromatic heterocycles. The maximum Gasteiger partial charge on any atom is 0.410 e. The molecule has 0 spiro atoms. The SMILES string of the molecule is CC(C)(C)OC(=O)N1C[C@@H](NC(=O)c2cccc(C(=O)N[C@H]3C[C@@H](Cn4nnnc4Sc4ccccc4)N(C(=O)OC(C)(C)C)C3)c2)C[C@H]1Cn1nnnc1Sc1ccccc1. The van der Waals surface area contributed by atoms with Crippen molar-refractivity contribution in [3.63, 3.8) is 0 Å². The summed E-state index contributed by atoms with van der Waals surface area (Å²) in [5, 5.41) is 31.8. The van der Waals surface area contributed by atoms with Gasteiger partial charge >= 0.3 is 12.2 Å². The number of carbonyl (C=O) groups is 4. The number of tetrazole rings is 2. The van der Waals surface area contributed by atoms with E-state index in [9.17, 15) is 19.2 Å². The number of benzene rings is 3. The van der Waals surface area contributed by atoms with E-state index < -0.39 is 59.4 Å². The summed E-state index contributed by atoms with van der Waals surface area (Å²) in [7, 11) is 0. The van der Waals surface area contributed by atoms with Gasteiger partial charge in [-0.3, -0.25) is 9.59 Å². The monoisotopic (exact) mass is 882 g/mol. The molecular weight excluding hydrogens is 833 g/mol. The molecule has 0 saturated carbocycles. The molecule has 326 valence electrons. The van der Waals surface area contributed by atoms with Gasteiger partial charge in [-0.1, -0.05) is 42.5 Å². The van der Waals surface area contributed by atoms with Crippen molar-refractivity contribution in [2.75, 3.05) is 13.1 Å². The zero-order valence-corrected chi connectivity index (χ0v) is 37.0. The highest BCUT2D eigenvalue weighted by Gasteiger charge is 2.41. The van der Waals surface area contributed by atoms with Crippen molar-refractivity contribution in [3.8, 4) is 0 Å². The number of hydrogen-bond acceptors (Lipinski definition) is 14. The molecule has 2 N–H and O–H groups in total. The lowest BCUT2D eigenvalue weighted by Crippen LogP contribution is -2.43. The van der Waals surface area contributed by atoms with Gasteiger partial charge in [-0.25, -0.2) is 19.0 Å².